The molecule has 3 aliphatic carbocycles. The van der Waals surface area contributed by atoms with E-state index in [2.05, 4.69) is 64.1 Å². The van der Waals surface area contributed by atoms with Crippen LogP contribution in [-0.2, 0) is 11.8 Å². The van der Waals surface area contributed by atoms with Crippen LogP contribution in [0.15, 0.2) is 60.0 Å². The standard InChI is InChI=1S/C34H43N5O/c1-38-17-16-28-19-32(37-22-33(28)38)25-12-10-24(11-13-25)23-39(34(40)26-6-3-2-4-7-26)31-9-5-8-27(18-31)29(20-35)21-36-30-14-15-30/h5,8-9,16-22,24-26,30H,2-4,6-7,10-15,23,35H2,1H3. The van der Waals surface area contributed by atoms with E-state index in [-0.39, 0.29) is 5.92 Å². The highest BCUT2D eigenvalue weighted by atomic mass is 16.2. The lowest BCUT2D eigenvalue weighted by Crippen LogP contribution is -2.41. The number of pyridine rings is 1. The number of hydrogen-bond donors (Lipinski definition) is 1. The second-order valence-corrected chi connectivity index (χ2v) is 12.3. The molecule has 0 unspecified atom stereocenters. The maximum atomic E-state index is 14.0. The summed E-state index contributed by atoms with van der Waals surface area (Å²) in [4.78, 5) is 25.6. The van der Waals surface area contributed by atoms with E-state index in [1.165, 1.54) is 23.0 Å². The summed E-state index contributed by atoms with van der Waals surface area (Å²) >= 11 is 0. The van der Waals surface area contributed by atoms with Crippen molar-refractivity contribution in [2.24, 2.45) is 29.6 Å². The number of fused-ring (bicyclic) bond motifs is 1. The third-order valence-corrected chi connectivity index (χ3v) is 9.36. The molecule has 0 bridgehead atoms. The van der Waals surface area contributed by atoms with Crippen molar-refractivity contribution in [3.63, 3.8) is 0 Å². The Morgan fingerprint density at radius 1 is 1.05 bits per heavy atom. The molecule has 0 aliphatic heterocycles. The maximum Gasteiger partial charge on any atom is 0.230 e. The molecule has 6 rings (SSSR count). The van der Waals surface area contributed by atoms with Crippen LogP contribution in [0.3, 0.4) is 0 Å². The van der Waals surface area contributed by atoms with Crippen LogP contribution in [0.1, 0.15) is 87.8 Å². The van der Waals surface area contributed by atoms with Gasteiger partial charge in [-0.3, -0.25) is 14.8 Å². The van der Waals surface area contributed by atoms with Crippen molar-refractivity contribution < 1.29 is 4.79 Å². The Morgan fingerprint density at radius 3 is 2.60 bits per heavy atom. The van der Waals surface area contributed by atoms with Gasteiger partial charge in [0.05, 0.1) is 17.8 Å². The third-order valence-electron chi connectivity index (χ3n) is 9.36. The van der Waals surface area contributed by atoms with Crippen molar-refractivity contribution >= 4 is 34.3 Å². The Kier molecular flexibility index (Phi) is 8.03. The molecule has 1 amide bonds. The van der Waals surface area contributed by atoms with E-state index in [9.17, 15) is 4.79 Å². The van der Waals surface area contributed by atoms with E-state index in [1.54, 1.807) is 6.20 Å². The predicted octanol–water partition coefficient (Wildman–Crippen LogP) is 6.99. The lowest BCUT2D eigenvalue weighted by Gasteiger charge is -2.35. The zero-order valence-electron chi connectivity index (χ0n) is 23.8. The lowest BCUT2D eigenvalue weighted by molar-refractivity contribution is -0.123. The van der Waals surface area contributed by atoms with Crippen LogP contribution in [-0.4, -0.2) is 34.3 Å². The first-order chi connectivity index (χ1) is 19.6. The summed E-state index contributed by atoms with van der Waals surface area (Å²) in [7, 11) is 2.07. The summed E-state index contributed by atoms with van der Waals surface area (Å²) in [5, 5.41) is 1.27. The molecule has 3 aromatic rings. The van der Waals surface area contributed by atoms with E-state index < -0.39 is 0 Å². The normalized spacial score (nSPS) is 22.7. The predicted molar refractivity (Wildman–Crippen MR) is 164 cm³/mol. The van der Waals surface area contributed by atoms with Crippen molar-refractivity contribution in [2.75, 3.05) is 11.4 Å². The number of aromatic nitrogens is 2. The molecule has 2 aromatic heterocycles. The van der Waals surface area contributed by atoms with Gasteiger partial charge in [0.25, 0.3) is 0 Å². The topological polar surface area (TPSA) is 76.5 Å². The fourth-order valence-electron chi connectivity index (χ4n) is 6.67. The first kappa shape index (κ1) is 26.8. The SMILES string of the molecule is Cn1ccc2cc(C3CCC(CN(C(=O)C4CCCCC4)c4cccc(C(C=NC5CC5)=CN)c4)CC3)ncc21. The van der Waals surface area contributed by atoms with Crippen molar-refractivity contribution in [3.05, 3.63) is 66.2 Å². The molecule has 0 atom stereocenters. The van der Waals surface area contributed by atoms with Crippen LogP contribution in [0.2, 0.25) is 0 Å². The maximum absolute atomic E-state index is 14.0. The van der Waals surface area contributed by atoms with Gasteiger partial charge in [-0.05, 0) is 87.1 Å². The van der Waals surface area contributed by atoms with Gasteiger partial charge in [-0.2, -0.15) is 0 Å². The average molecular weight is 538 g/mol. The number of carbonyl (C=O) groups is 1. The van der Waals surface area contributed by atoms with Crippen molar-refractivity contribution in [1.82, 2.24) is 9.55 Å². The zero-order chi connectivity index (χ0) is 27.5. The van der Waals surface area contributed by atoms with Gasteiger partial charge < -0.3 is 15.2 Å². The fraction of sp³-hybridized carbons (Fsp3) is 0.500. The molecule has 3 fully saturated rings. The second-order valence-electron chi connectivity index (χ2n) is 12.3. The minimum absolute atomic E-state index is 0.136. The van der Waals surface area contributed by atoms with Gasteiger partial charge in [0.15, 0.2) is 0 Å². The van der Waals surface area contributed by atoms with E-state index >= 15 is 0 Å². The Morgan fingerprint density at radius 2 is 1.85 bits per heavy atom. The van der Waals surface area contributed by atoms with E-state index in [1.807, 2.05) is 12.4 Å². The number of nitrogens with zero attached hydrogens (tertiary/aromatic N) is 4. The van der Waals surface area contributed by atoms with Gasteiger partial charge in [0, 0.05) is 66.4 Å². The van der Waals surface area contributed by atoms with E-state index in [0.717, 1.165) is 87.6 Å². The van der Waals surface area contributed by atoms with Crippen molar-refractivity contribution in [3.8, 4) is 0 Å². The number of allylic oxidation sites excluding steroid dienone is 1. The lowest BCUT2D eigenvalue weighted by atomic mass is 9.79. The fourth-order valence-corrected chi connectivity index (χ4v) is 6.67. The first-order valence-corrected chi connectivity index (χ1v) is 15.4. The van der Waals surface area contributed by atoms with Crippen molar-refractivity contribution in [2.45, 2.75) is 82.6 Å². The summed E-state index contributed by atoms with van der Waals surface area (Å²) in [6, 6.07) is 13.3. The minimum Gasteiger partial charge on any atom is -0.404 e. The second kappa shape index (κ2) is 12.0. The molecule has 3 saturated carbocycles. The van der Waals surface area contributed by atoms with Gasteiger partial charge in [0.1, 0.15) is 0 Å². The van der Waals surface area contributed by atoms with Gasteiger partial charge in [0.2, 0.25) is 5.91 Å². The number of anilines is 1. The summed E-state index contributed by atoms with van der Waals surface area (Å²) < 4.78 is 2.13. The molecule has 210 valence electrons. The number of aliphatic imine (C=N–C) groups is 1. The molecule has 0 saturated heterocycles. The average Bonchev–Trinajstić information content (AvgIpc) is 3.77. The first-order valence-electron chi connectivity index (χ1n) is 15.4. The number of carbonyl (C=O) groups excluding carboxylic acids is 1. The number of hydrogen-bond acceptors (Lipinski definition) is 4. The molecular formula is C34H43N5O. The highest BCUT2D eigenvalue weighted by Crippen LogP contribution is 2.38. The number of rotatable bonds is 8. The Hall–Kier alpha value is -3.41. The Bertz CT molecular complexity index is 1390. The summed E-state index contributed by atoms with van der Waals surface area (Å²) in [6.45, 7) is 0.786. The van der Waals surface area contributed by atoms with Gasteiger partial charge in [-0.25, -0.2) is 0 Å². The third kappa shape index (κ3) is 6.01. The molecule has 6 nitrogen and oxygen atoms in total. The molecular weight excluding hydrogens is 494 g/mol. The molecule has 2 N–H and O–H groups in total. The molecule has 1 aromatic carbocycles. The molecule has 0 spiro atoms. The molecule has 0 radical (unpaired) electrons. The van der Waals surface area contributed by atoms with Crippen LogP contribution in [0, 0.1) is 11.8 Å². The van der Waals surface area contributed by atoms with Gasteiger partial charge >= 0.3 is 0 Å². The summed E-state index contributed by atoms with van der Waals surface area (Å²) in [5.74, 6) is 1.43. The van der Waals surface area contributed by atoms with Crippen LogP contribution in [0.4, 0.5) is 5.69 Å². The smallest absolute Gasteiger partial charge is 0.230 e. The Labute approximate surface area is 238 Å². The largest absolute Gasteiger partial charge is 0.404 e. The van der Waals surface area contributed by atoms with Crippen LogP contribution < -0.4 is 10.6 Å². The summed E-state index contributed by atoms with van der Waals surface area (Å²) in [5.41, 5.74) is 11.4. The van der Waals surface area contributed by atoms with Crippen LogP contribution in [0.25, 0.3) is 16.5 Å². The molecule has 6 heteroatoms. The number of benzene rings is 1. The quantitative estimate of drug-likeness (QED) is 0.315. The van der Waals surface area contributed by atoms with Crippen LogP contribution >= 0.6 is 0 Å². The number of amides is 1. The number of nitrogens with two attached hydrogens (primary N) is 1. The highest BCUT2D eigenvalue weighted by molar-refractivity contribution is 6.10. The molecule has 40 heavy (non-hydrogen) atoms. The molecule has 3 aliphatic rings. The van der Waals surface area contributed by atoms with Crippen LogP contribution in [0.5, 0.6) is 0 Å². The van der Waals surface area contributed by atoms with Gasteiger partial charge in [-0.1, -0.05) is 31.4 Å². The molecule has 2 heterocycles. The highest BCUT2D eigenvalue weighted by Gasteiger charge is 2.31. The van der Waals surface area contributed by atoms with E-state index in [0.29, 0.717) is 23.8 Å². The summed E-state index contributed by atoms with van der Waals surface area (Å²) in [6.07, 6.45) is 20.1. The zero-order valence-corrected chi connectivity index (χ0v) is 23.8. The van der Waals surface area contributed by atoms with E-state index in [4.69, 9.17) is 10.7 Å². The Balaban J connectivity index is 1.18. The number of aryl methyl sites for hydroxylation is 1. The minimum atomic E-state index is 0.136. The van der Waals surface area contributed by atoms with Crippen molar-refractivity contribution in [1.29, 1.82) is 0 Å². The van der Waals surface area contributed by atoms with Gasteiger partial charge in [-0.15, -0.1) is 0 Å². The monoisotopic (exact) mass is 537 g/mol.